The molecule has 0 aromatic heterocycles. The van der Waals surface area contributed by atoms with Crippen molar-refractivity contribution in [3.63, 3.8) is 0 Å². The fourth-order valence-corrected chi connectivity index (χ4v) is 6.13. The molecule has 2 aromatic rings. The average molecular weight is 645 g/mol. The normalized spacial score (nSPS) is 24.9. The van der Waals surface area contributed by atoms with Crippen LogP contribution in [0.1, 0.15) is 43.4 Å². The molecule has 2 aromatic carbocycles. The molecule has 45 heavy (non-hydrogen) atoms. The summed E-state index contributed by atoms with van der Waals surface area (Å²) in [6.07, 6.45) is -8.98. The number of amides is 2. The van der Waals surface area contributed by atoms with Crippen LogP contribution in [-0.4, -0.2) is 78.6 Å². The lowest BCUT2D eigenvalue weighted by molar-refractivity contribution is -0.286. The molecule has 0 unspecified atom stereocenters. The molecule has 1 fully saturated rings. The number of rotatable bonds is 9. The van der Waals surface area contributed by atoms with Crippen LogP contribution in [0.4, 0.5) is 22.0 Å². The first-order chi connectivity index (χ1) is 21.2. The van der Waals surface area contributed by atoms with Gasteiger partial charge in [0, 0.05) is 42.8 Å². The molecule has 3 N–H and O–H groups in total. The third-order valence-electron chi connectivity index (χ3n) is 8.59. The summed E-state index contributed by atoms with van der Waals surface area (Å²) in [5.74, 6) is -1.97. The van der Waals surface area contributed by atoms with Gasteiger partial charge in [-0.2, -0.15) is 0 Å². The van der Waals surface area contributed by atoms with Gasteiger partial charge < -0.3 is 44.1 Å². The molecule has 3 heterocycles. The lowest BCUT2D eigenvalue weighted by atomic mass is 9.81. The predicted molar refractivity (Wildman–Crippen MR) is 141 cm³/mol. The Balaban J connectivity index is 1.31. The molecule has 11 nitrogen and oxygen atoms in total. The Kier molecular flexibility index (Phi) is 7.42. The van der Waals surface area contributed by atoms with E-state index in [2.05, 4.69) is 19.5 Å². The number of halogens is 5. The largest absolute Gasteiger partial charge is 0.586 e. The van der Waals surface area contributed by atoms with Crippen LogP contribution in [0.2, 0.25) is 0 Å². The standard InChI is InChI=1S/C29H29F5N2O9/c1-26(14-41-20-13-22-21(11-17(20)26)44-29(33,34)45-22)24(39)35-18-12-23(27(4-5-27)25(40)36(6-8-37)7-9-38)42-19-10-15(2-3-16(18)19)43-28(30,31)32/h2-3,10-11,13,18,23,37-38H,4-9,12,14H2,1H3,(H,35,39)/t18-,23-,26-/m0/s1. The Bertz CT molecular complexity index is 1510. The highest BCUT2D eigenvalue weighted by molar-refractivity contribution is 5.91. The quantitative estimate of drug-likeness (QED) is 0.352. The number of carbonyl (C=O) groups is 2. The van der Waals surface area contributed by atoms with Crippen LogP contribution in [0.15, 0.2) is 30.3 Å². The van der Waals surface area contributed by atoms with E-state index >= 15 is 0 Å². The highest BCUT2D eigenvalue weighted by Crippen LogP contribution is 2.56. The first-order valence-corrected chi connectivity index (χ1v) is 14.1. The van der Waals surface area contributed by atoms with Gasteiger partial charge in [0.2, 0.25) is 11.8 Å². The molecule has 4 aliphatic rings. The van der Waals surface area contributed by atoms with Crippen LogP contribution in [0.25, 0.3) is 0 Å². The van der Waals surface area contributed by atoms with Crippen molar-refractivity contribution in [3.05, 3.63) is 41.5 Å². The number of alkyl halides is 5. The molecular weight excluding hydrogens is 615 g/mol. The first-order valence-electron chi connectivity index (χ1n) is 14.1. The Labute approximate surface area is 252 Å². The molecular formula is C29H29F5N2O9. The number of hydrogen-bond donors (Lipinski definition) is 3. The molecule has 16 heteroatoms. The first kappa shape index (κ1) is 31.0. The number of aliphatic hydroxyl groups is 2. The van der Waals surface area contributed by atoms with E-state index < -0.39 is 53.2 Å². The monoisotopic (exact) mass is 644 g/mol. The van der Waals surface area contributed by atoms with Crippen molar-refractivity contribution in [1.82, 2.24) is 10.2 Å². The van der Waals surface area contributed by atoms with E-state index in [0.29, 0.717) is 18.4 Å². The van der Waals surface area contributed by atoms with Crippen molar-refractivity contribution in [2.45, 2.75) is 56.4 Å². The van der Waals surface area contributed by atoms with Crippen molar-refractivity contribution >= 4 is 11.8 Å². The zero-order valence-electron chi connectivity index (χ0n) is 23.8. The average Bonchev–Trinajstić information content (AvgIpc) is 3.62. The lowest BCUT2D eigenvalue weighted by Gasteiger charge is -2.39. The van der Waals surface area contributed by atoms with E-state index in [9.17, 15) is 41.8 Å². The van der Waals surface area contributed by atoms with Crippen LogP contribution in [-0.2, 0) is 15.0 Å². The summed E-state index contributed by atoms with van der Waals surface area (Å²) in [6.45, 7) is 0.581. The van der Waals surface area contributed by atoms with Crippen LogP contribution < -0.4 is 29.0 Å². The maximum atomic E-state index is 13.9. The fraction of sp³-hybridized carbons (Fsp3) is 0.517. The zero-order chi connectivity index (χ0) is 32.4. The number of benzene rings is 2. The summed E-state index contributed by atoms with van der Waals surface area (Å²) >= 11 is 0. The van der Waals surface area contributed by atoms with Gasteiger partial charge in [-0.1, -0.05) is 0 Å². The summed E-state index contributed by atoms with van der Waals surface area (Å²) in [5, 5.41) is 21.8. The number of nitrogens with zero attached hydrogens (tertiary/aromatic N) is 1. The van der Waals surface area contributed by atoms with E-state index in [1.54, 1.807) is 6.92 Å². The number of aliphatic hydroxyl groups excluding tert-OH is 2. The second-order valence-corrected chi connectivity index (χ2v) is 11.6. The van der Waals surface area contributed by atoms with E-state index in [1.165, 1.54) is 23.1 Å². The highest BCUT2D eigenvalue weighted by Gasteiger charge is 2.60. The second-order valence-electron chi connectivity index (χ2n) is 11.6. The molecule has 244 valence electrons. The highest BCUT2D eigenvalue weighted by atomic mass is 19.4. The van der Waals surface area contributed by atoms with Gasteiger partial charge >= 0.3 is 12.7 Å². The third kappa shape index (κ3) is 5.65. The van der Waals surface area contributed by atoms with Gasteiger partial charge in [0.25, 0.3) is 0 Å². The van der Waals surface area contributed by atoms with E-state index in [4.69, 9.17) is 9.47 Å². The predicted octanol–water partition coefficient (Wildman–Crippen LogP) is 3.16. The molecule has 2 amide bonds. The molecule has 0 bridgehead atoms. The minimum absolute atomic E-state index is 0.0351. The van der Waals surface area contributed by atoms with Gasteiger partial charge in [0.05, 0.1) is 24.7 Å². The molecule has 0 radical (unpaired) electrons. The summed E-state index contributed by atoms with van der Waals surface area (Å²) in [7, 11) is 0. The number of carbonyl (C=O) groups excluding carboxylic acids is 2. The van der Waals surface area contributed by atoms with Crippen LogP contribution in [0.3, 0.4) is 0 Å². The van der Waals surface area contributed by atoms with Crippen molar-refractivity contribution in [2.24, 2.45) is 5.41 Å². The maximum Gasteiger partial charge on any atom is 0.586 e. The van der Waals surface area contributed by atoms with Gasteiger partial charge in [-0.25, -0.2) is 0 Å². The molecule has 1 aliphatic carbocycles. The number of hydrogen-bond acceptors (Lipinski definition) is 9. The Morgan fingerprint density at radius 2 is 1.69 bits per heavy atom. The van der Waals surface area contributed by atoms with E-state index in [0.717, 1.165) is 12.1 Å². The summed E-state index contributed by atoms with van der Waals surface area (Å²) < 4.78 is 91.3. The molecule has 3 aliphatic heterocycles. The van der Waals surface area contributed by atoms with Gasteiger partial charge in [0.15, 0.2) is 11.5 Å². The van der Waals surface area contributed by atoms with E-state index in [1.807, 2.05) is 0 Å². The number of nitrogens with one attached hydrogen (secondary N) is 1. The molecule has 6 rings (SSSR count). The molecule has 0 saturated heterocycles. The van der Waals surface area contributed by atoms with Crippen molar-refractivity contribution in [3.8, 4) is 28.7 Å². The fourth-order valence-electron chi connectivity index (χ4n) is 6.13. The van der Waals surface area contributed by atoms with Gasteiger partial charge in [0.1, 0.15) is 35.4 Å². The minimum Gasteiger partial charge on any atom is -0.492 e. The summed E-state index contributed by atoms with van der Waals surface area (Å²) in [4.78, 5) is 28.8. The van der Waals surface area contributed by atoms with Gasteiger partial charge in [-0.3, -0.25) is 9.59 Å². The molecule has 0 spiro atoms. The smallest absolute Gasteiger partial charge is 0.492 e. The summed E-state index contributed by atoms with van der Waals surface area (Å²) in [5.41, 5.74) is -1.92. The van der Waals surface area contributed by atoms with Gasteiger partial charge in [-0.05, 0) is 38.0 Å². The van der Waals surface area contributed by atoms with Crippen molar-refractivity contribution in [1.29, 1.82) is 0 Å². The third-order valence-corrected chi connectivity index (χ3v) is 8.59. The SMILES string of the molecule is C[C@]1(C(=O)N[C@H]2C[C@@H](C3(C(=O)N(CCO)CCO)CC3)Oc3cc(OC(F)(F)F)ccc32)COc2cc3c(cc21)OC(F)(F)O3. The van der Waals surface area contributed by atoms with Crippen molar-refractivity contribution < 1.29 is 65.4 Å². The lowest BCUT2D eigenvalue weighted by Crippen LogP contribution is -2.51. The van der Waals surface area contributed by atoms with Crippen LogP contribution in [0.5, 0.6) is 28.7 Å². The minimum atomic E-state index is -4.98. The summed E-state index contributed by atoms with van der Waals surface area (Å²) in [6, 6.07) is 5.02. The van der Waals surface area contributed by atoms with Crippen molar-refractivity contribution in [2.75, 3.05) is 32.9 Å². The Morgan fingerprint density at radius 3 is 2.31 bits per heavy atom. The maximum absolute atomic E-state index is 13.9. The zero-order valence-corrected chi connectivity index (χ0v) is 23.8. The molecule has 3 atom stereocenters. The molecule has 1 saturated carbocycles. The second kappa shape index (κ2) is 10.8. The van der Waals surface area contributed by atoms with Crippen LogP contribution >= 0.6 is 0 Å². The van der Waals surface area contributed by atoms with Crippen LogP contribution in [0, 0.1) is 5.41 Å². The van der Waals surface area contributed by atoms with E-state index in [-0.39, 0.29) is 67.9 Å². The number of fused-ring (bicyclic) bond motifs is 3. The number of ether oxygens (including phenoxy) is 5. The van der Waals surface area contributed by atoms with Gasteiger partial charge in [-0.15, -0.1) is 22.0 Å². The Hall–Kier alpha value is -4.05. The Morgan fingerprint density at radius 1 is 1.02 bits per heavy atom. The topological polar surface area (TPSA) is 136 Å².